The lowest BCUT2D eigenvalue weighted by atomic mass is 10.1. The van der Waals surface area contributed by atoms with Gasteiger partial charge in [-0.1, -0.05) is 0 Å². The van der Waals surface area contributed by atoms with Gasteiger partial charge in [0, 0.05) is 19.2 Å². The van der Waals surface area contributed by atoms with E-state index >= 15 is 0 Å². The molecule has 1 saturated heterocycles. The average molecular weight is 239 g/mol. The number of hydrogen-bond acceptors (Lipinski definition) is 3. The molecule has 0 aromatic carbocycles. The third-order valence-corrected chi connectivity index (χ3v) is 3.82. The average Bonchev–Trinajstić information content (AvgIpc) is 2.81. The van der Waals surface area contributed by atoms with Crippen LogP contribution in [0.2, 0.25) is 0 Å². The molecular formula is C13H21NOS. The van der Waals surface area contributed by atoms with Crippen LogP contribution in [0.5, 0.6) is 0 Å². The molecule has 1 aliphatic rings. The molecule has 90 valence electrons. The van der Waals surface area contributed by atoms with Crippen LogP contribution in [0.25, 0.3) is 0 Å². The molecule has 0 saturated carbocycles. The first-order chi connectivity index (χ1) is 7.84. The van der Waals surface area contributed by atoms with Crippen LogP contribution in [-0.2, 0) is 11.2 Å². The Morgan fingerprint density at radius 3 is 3.19 bits per heavy atom. The molecule has 1 aromatic rings. The normalized spacial score (nSPS) is 23.2. The van der Waals surface area contributed by atoms with E-state index < -0.39 is 0 Å². The van der Waals surface area contributed by atoms with Crippen LogP contribution in [0.4, 0.5) is 0 Å². The fraction of sp³-hybridized carbons (Fsp3) is 0.692. The van der Waals surface area contributed by atoms with Gasteiger partial charge in [0.1, 0.15) is 0 Å². The lowest BCUT2D eigenvalue weighted by Crippen LogP contribution is -2.37. The SMILES string of the molecule is CC(Cc1ccsc1)NCC1CCCCO1. The highest BCUT2D eigenvalue weighted by Crippen LogP contribution is 2.12. The minimum Gasteiger partial charge on any atom is -0.377 e. The van der Waals surface area contributed by atoms with Crippen LogP contribution in [-0.4, -0.2) is 25.3 Å². The summed E-state index contributed by atoms with van der Waals surface area (Å²) in [6.07, 6.45) is 5.35. The number of thiophene rings is 1. The van der Waals surface area contributed by atoms with Crippen molar-refractivity contribution in [2.75, 3.05) is 13.2 Å². The molecule has 2 unspecified atom stereocenters. The van der Waals surface area contributed by atoms with Crippen molar-refractivity contribution in [3.63, 3.8) is 0 Å². The molecule has 2 rings (SSSR count). The summed E-state index contributed by atoms with van der Waals surface area (Å²) in [6, 6.07) is 2.75. The molecular weight excluding hydrogens is 218 g/mol. The van der Waals surface area contributed by atoms with Crippen LogP contribution in [0, 0.1) is 0 Å². The van der Waals surface area contributed by atoms with E-state index in [-0.39, 0.29) is 0 Å². The van der Waals surface area contributed by atoms with E-state index in [2.05, 4.69) is 29.1 Å². The quantitative estimate of drug-likeness (QED) is 0.853. The van der Waals surface area contributed by atoms with Crippen molar-refractivity contribution in [1.29, 1.82) is 0 Å². The first kappa shape index (κ1) is 12.1. The summed E-state index contributed by atoms with van der Waals surface area (Å²) in [5.74, 6) is 0. The fourth-order valence-electron chi connectivity index (χ4n) is 2.14. The Balaban J connectivity index is 1.65. The molecule has 0 amide bonds. The number of nitrogens with one attached hydrogen (secondary N) is 1. The Labute approximate surface area is 102 Å². The van der Waals surface area contributed by atoms with Gasteiger partial charge in [0.25, 0.3) is 0 Å². The van der Waals surface area contributed by atoms with Gasteiger partial charge in [0.05, 0.1) is 6.10 Å². The predicted molar refractivity (Wildman–Crippen MR) is 69.1 cm³/mol. The molecule has 2 heterocycles. The summed E-state index contributed by atoms with van der Waals surface area (Å²) >= 11 is 1.78. The maximum absolute atomic E-state index is 5.70. The van der Waals surface area contributed by atoms with Crippen LogP contribution in [0.15, 0.2) is 16.8 Å². The predicted octanol–water partition coefficient (Wildman–Crippen LogP) is 2.84. The Morgan fingerprint density at radius 1 is 1.56 bits per heavy atom. The second kappa shape index (κ2) is 6.38. The molecule has 0 radical (unpaired) electrons. The van der Waals surface area contributed by atoms with E-state index in [1.807, 2.05) is 0 Å². The Morgan fingerprint density at radius 2 is 2.50 bits per heavy atom. The topological polar surface area (TPSA) is 21.3 Å². The molecule has 16 heavy (non-hydrogen) atoms. The van der Waals surface area contributed by atoms with Gasteiger partial charge in [-0.05, 0) is 55.0 Å². The standard InChI is InChI=1S/C13H21NOS/c1-11(8-12-5-7-16-10-12)14-9-13-4-2-3-6-15-13/h5,7,10-11,13-14H,2-4,6,8-9H2,1H3. The molecule has 1 fully saturated rings. The van der Waals surface area contributed by atoms with E-state index in [0.29, 0.717) is 12.1 Å². The van der Waals surface area contributed by atoms with Crippen molar-refractivity contribution in [2.45, 2.75) is 44.8 Å². The molecule has 2 nitrogen and oxygen atoms in total. The van der Waals surface area contributed by atoms with Crippen molar-refractivity contribution in [1.82, 2.24) is 5.32 Å². The minimum atomic E-state index is 0.443. The molecule has 1 N–H and O–H groups in total. The van der Waals surface area contributed by atoms with Crippen LogP contribution in [0.3, 0.4) is 0 Å². The third-order valence-electron chi connectivity index (χ3n) is 3.09. The highest BCUT2D eigenvalue weighted by Gasteiger charge is 2.14. The van der Waals surface area contributed by atoms with Crippen LogP contribution in [0.1, 0.15) is 31.7 Å². The number of ether oxygens (including phenoxy) is 1. The van der Waals surface area contributed by atoms with E-state index in [0.717, 1.165) is 19.6 Å². The summed E-state index contributed by atoms with van der Waals surface area (Å²) in [7, 11) is 0. The summed E-state index contributed by atoms with van der Waals surface area (Å²) in [5, 5.41) is 7.95. The van der Waals surface area contributed by atoms with Crippen molar-refractivity contribution in [3.8, 4) is 0 Å². The lowest BCUT2D eigenvalue weighted by molar-refractivity contribution is 0.0156. The molecule has 3 heteroatoms. The maximum Gasteiger partial charge on any atom is 0.0699 e. The second-order valence-electron chi connectivity index (χ2n) is 4.63. The monoisotopic (exact) mass is 239 g/mol. The van der Waals surface area contributed by atoms with Gasteiger partial charge in [-0.3, -0.25) is 0 Å². The second-order valence-corrected chi connectivity index (χ2v) is 5.41. The van der Waals surface area contributed by atoms with E-state index in [4.69, 9.17) is 4.74 Å². The molecule has 0 bridgehead atoms. The minimum absolute atomic E-state index is 0.443. The van der Waals surface area contributed by atoms with Gasteiger partial charge in [0.15, 0.2) is 0 Å². The smallest absolute Gasteiger partial charge is 0.0699 e. The lowest BCUT2D eigenvalue weighted by Gasteiger charge is -2.24. The maximum atomic E-state index is 5.70. The van der Waals surface area contributed by atoms with Gasteiger partial charge in [0.2, 0.25) is 0 Å². The van der Waals surface area contributed by atoms with Crippen molar-refractivity contribution in [2.24, 2.45) is 0 Å². The molecule has 0 spiro atoms. The summed E-state index contributed by atoms with van der Waals surface area (Å²) in [5.41, 5.74) is 1.44. The number of rotatable bonds is 5. The highest BCUT2D eigenvalue weighted by molar-refractivity contribution is 7.07. The van der Waals surface area contributed by atoms with Crippen molar-refractivity contribution in [3.05, 3.63) is 22.4 Å². The van der Waals surface area contributed by atoms with Crippen molar-refractivity contribution >= 4 is 11.3 Å². The van der Waals surface area contributed by atoms with Crippen LogP contribution >= 0.6 is 11.3 Å². The van der Waals surface area contributed by atoms with E-state index in [1.54, 1.807) is 11.3 Å². The Bertz CT molecular complexity index is 280. The van der Waals surface area contributed by atoms with Crippen molar-refractivity contribution < 1.29 is 4.74 Å². The van der Waals surface area contributed by atoms with E-state index in [1.165, 1.54) is 24.8 Å². The molecule has 2 atom stereocenters. The Hall–Kier alpha value is -0.380. The highest BCUT2D eigenvalue weighted by atomic mass is 32.1. The first-order valence-corrected chi connectivity index (χ1v) is 7.15. The zero-order chi connectivity index (χ0) is 11.2. The number of hydrogen-bond donors (Lipinski definition) is 1. The first-order valence-electron chi connectivity index (χ1n) is 6.20. The van der Waals surface area contributed by atoms with Gasteiger partial charge in [-0.15, -0.1) is 0 Å². The van der Waals surface area contributed by atoms with Gasteiger partial charge in [-0.25, -0.2) is 0 Å². The van der Waals surface area contributed by atoms with Crippen LogP contribution < -0.4 is 5.32 Å². The summed E-state index contributed by atoms with van der Waals surface area (Å²) < 4.78 is 5.70. The molecule has 0 aliphatic carbocycles. The summed E-state index contributed by atoms with van der Waals surface area (Å²) in [6.45, 7) is 4.21. The van der Waals surface area contributed by atoms with Gasteiger partial charge in [-0.2, -0.15) is 11.3 Å². The largest absolute Gasteiger partial charge is 0.377 e. The molecule has 1 aliphatic heterocycles. The third kappa shape index (κ3) is 3.89. The fourth-order valence-corrected chi connectivity index (χ4v) is 2.82. The summed E-state index contributed by atoms with van der Waals surface area (Å²) in [4.78, 5) is 0. The zero-order valence-corrected chi connectivity index (χ0v) is 10.8. The van der Waals surface area contributed by atoms with E-state index in [9.17, 15) is 0 Å². The van der Waals surface area contributed by atoms with Gasteiger partial charge < -0.3 is 10.1 Å². The zero-order valence-electron chi connectivity index (χ0n) is 9.95. The molecule has 1 aromatic heterocycles. The Kier molecular flexibility index (Phi) is 4.82. The van der Waals surface area contributed by atoms with Gasteiger partial charge >= 0.3 is 0 Å².